The first-order chi connectivity index (χ1) is 17.1. The molecular weight excluding hydrogens is 434 g/mol. The molecule has 2 aliphatic heterocycles. The van der Waals surface area contributed by atoms with Gasteiger partial charge in [-0.3, -0.25) is 4.90 Å². The predicted octanol–water partition coefficient (Wildman–Crippen LogP) is 4.78. The topological polar surface area (TPSA) is 41.9 Å². The van der Waals surface area contributed by atoms with Gasteiger partial charge in [-0.2, -0.15) is 0 Å². The average Bonchev–Trinajstić information content (AvgIpc) is 3.60. The third kappa shape index (κ3) is 2.64. The van der Waals surface area contributed by atoms with E-state index in [1.54, 1.807) is 0 Å². The molecule has 184 valence electrons. The summed E-state index contributed by atoms with van der Waals surface area (Å²) in [5, 5.41) is 12.4. The lowest BCUT2D eigenvalue weighted by Crippen LogP contribution is -2.81. The first-order valence-corrected chi connectivity index (χ1v) is 13.9. The van der Waals surface area contributed by atoms with Crippen molar-refractivity contribution in [2.75, 3.05) is 19.7 Å². The number of rotatable bonds is 6. The van der Waals surface area contributed by atoms with Crippen molar-refractivity contribution in [2.45, 2.75) is 81.6 Å². The van der Waals surface area contributed by atoms with E-state index in [1.807, 2.05) is 6.07 Å². The number of nitrogens with zero attached hydrogens (tertiary/aromatic N) is 1. The molecule has 4 saturated carbocycles. The maximum absolute atomic E-state index is 12.4. The number of benzene rings is 2. The highest BCUT2D eigenvalue weighted by molar-refractivity contribution is 5.61. The van der Waals surface area contributed by atoms with Crippen LogP contribution in [0.1, 0.15) is 60.8 Å². The molecule has 4 nitrogen and oxygen atoms in total. The van der Waals surface area contributed by atoms with Crippen molar-refractivity contribution in [3.8, 4) is 5.75 Å². The number of hydrogen-bond acceptors (Lipinski definition) is 4. The second kappa shape index (κ2) is 7.12. The molecule has 6 atom stereocenters. The van der Waals surface area contributed by atoms with E-state index in [9.17, 15) is 5.11 Å². The van der Waals surface area contributed by atoms with Crippen LogP contribution in [0.15, 0.2) is 42.5 Å². The van der Waals surface area contributed by atoms with Crippen molar-refractivity contribution in [3.63, 3.8) is 0 Å². The van der Waals surface area contributed by atoms with Crippen molar-refractivity contribution in [1.29, 1.82) is 0 Å². The molecule has 5 fully saturated rings. The Morgan fingerprint density at radius 1 is 1.09 bits per heavy atom. The van der Waals surface area contributed by atoms with Gasteiger partial charge in [-0.1, -0.05) is 42.5 Å². The van der Waals surface area contributed by atoms with Gasteiger partial charge in [0.05, 0.1) is 13.2 Å². The van der Waals surface area contributed by atoms with E-state index in [0.29, 0.717) is 19.3 Å². The Labute approximate surface area is 208 Å². The first-order valence-electron chi connectivity index (χ1n) is 13.9. The fourth-order valence-electron chi connectivity index (χ4n) is 9.43. The minimum atomic E-state index is -0.818. The summed E-state index contributed by atoms with van der Waals surface area (Å²) in [7, 11) is 0. The van der Waals surface area contributed by atoms with Crippen LogP contribution in [0.4, 0.5) is 0 Å². The van der Waals surface area contributed by atoms with E-state index in [-0.39, 0.29) is 22.9 Å². The van der Waals surface area contributed by atoms with Crippen LogP contribution in [-0.4, -0.2) is 47.4 Å². The summed E-state index contributed by atoms with van der Waals surface area (Å²) in [4.78, 5) is 2.87. The van der Waals surface area contributed by atoms with Gasteiger partial charge in [0.25, 0.3) is 0 Å². The lowest BCUT2D eigenvalue weighted by molar-refractivity contribution is -0.275. The molecule has 0 aromatic heterocycles. The standard InChI is InChI=1S/C31H37NO3/c1-20-7-10-23-15-25-29-11-12-31(33,24(16-29)19-34-18-22-5-3-2-4-6-22)28-30(29,26(23)27(20)35-28)13-14-32(25)17-21-8-9-21/h2-7,10,21,24-25,28,33H,8-9,11-19H2,1H3/t24-,25-,28-,29-,30+,31-/m1/s1. The van der Waals surface area contributed by atoms with Crippen LogP contribution >= 0.6 is 0 Å². The van der Waals surface area contributed by atoms with Crippen LogP contribution in [-0.2, 0) is 23.2 Å². The van der Waals surface area contributed by atoms with Crippen molar-refractivity contribution < 1.29 is 14.6 Å². The third-order valence-electron chi connectivity index (χ3n) is 11.1. The molecule has 2 heterocycles. The molecule has 4 heteroatoms. The van der Waals surface area contributed by atoms with Gasteiger partial charge < -0.3 is 14.6 Å². The molecule has 1 N–H and O–H groups in total. The summed E-state index contributed by atoms with van der Waals surface area (Å²) in [6.45, 7) is 5.83. The normalized spacial score (nSPS) is 40.5. The minimum absolute atomic E-state index is 0.0322. The zero-order valence-corrected chi connectivity index (χ0v) is 20.8. The lowest BCUT2D eigenvalue weighted by atomic mass is 9.35. The number of aliphatic hydroxyl groups is 1. The van der Waals surface area contributed by atoms with Gasteiger partial charge in [0.2, 0.25) is 0 Å². The van der Waals surface area contributed by atoms with E-state index in [1.165, 1.54) is 41.6 Å². The molecule has 1 saturated heterocycles. The zero-order chi connectivity index (χ0) is 23.4. The molecule has 4 bridgehead atoms. The van der Waals surface area contributed by atoms with Crippen LogP contribution in [0.5, 0.6) is 5.75 Å². The predicted molar refractivity (Wildman–Crippen MR) is 135 cm³/mol. The van der Waals surface area contributed by atoms with E-state index >= 15 is 0 Å². The maximum atomic E-state index is 12.4. The number of fused-ring (bicyclic) bond motifs is 2. The van der Waals surface area contributed by atoms with E-state index < -0.39 is 5.60 Å². The summed E-state index contributed by atoms with van der Waals surface area (Å²) < 4.78 is 13.3. The molecule has 7 aliphatic rings. The summed E-state index contributed by atoms with van der Waals surface area (Å²) in [5.74, 6) is 2.13. The van der Waals surface area contributed by atoms with Crippen molar-refractivity contribution in [1.82, 2.24) is 4.90 Å². The number of likely N-dealkylation sites (tertiary alicyclic amines) is 1. The fraction of sp³-hybridized carbons (Fsp3) is 0.613. The summed E-state index contributed by atoms with van der Waals surface area (Å²) in [6, 6.07) is 15.6. The monoisotopic (exact) mass is 471 g/mol. The van der Waals surface area contributed by atoms with Gasteiger partial charge in [-0.25, -0.2) is 0 Å². The Hall–Kier alpha value is -1.88. The van der Waals surface area contributed by atoms with Crippen molar-refractivity contribution >= 4 is 0 Å². The molecule has 2 aromatic rings. The number of hydrogen-bond donors (Lipinski definition) is 1. The van der Waals surface area contributed by atoms with Crippen LogP contribution in [0, 0.1) is 24.2 Å². The molecule has 5 aliphatic carbocycles. The van der Waals surface area contributed by atoms with E-state index in [2.05, 4.69) is 48.2 Å². The van der Waals surface area contributed by atoms with E-state index in [0.717, 1.165) is 50.3 Å². The van der Waals surface area contributed by atoms with Crippen LogP contribution < -0.4 is 4.74 Å². The summed E-state index contributed by atoms with van der Waals surface area (Å²) >= 11 is 0. The Kier molecular flexibility index (Phi) is 4.32. The second-order valence-corrected chi connectivity index (χ2v) is 12.7. The molecular formula is C31H37NO3. The van der Waals surface area contributed by atoms with Crippen LogP contribution in [0.3, 0.4) is 0 Å². The Balaban J connectivity index is 1.20. The highest BCUT2D eigenvalue weighted by Gasteiger charge is 2.79. The first kappa shape index (κ1) is 21.2. The molecule has 0 amide bonds. The number of aryl methyl sites for hydroxylation is 1. The number of ether oxygens (including phenoxy) is 2. The molecule has 0 radical (unpaired) electrons. The lowest BCUT2D eigenvalue weighted by Gasteiger charge is -2.73. The Morgan fingerprint density at radius 3 is 2.77 bits per heavy atom. The van der Waals surface area contributed by atoms with E-state index in [4.69, 9.17) is 9.47 Å². The molecule has 35 heavy (non-hydrogen) atoms. The molecule has 2 aromatic carbocycles. The summed E-state index contributed by atoms with van der Waals surface area (Å²) in [6.07, 6.45) is 7.98. The SMILES string of the molecule is Cc1ccc2c3c1O[C@H]1[C@@]4(O)CC[C@@]5(C[C@@H]4COCc4ccccc4)[C@@H](C2)N(CC2CC2)CC[C@]315. The average molecular weight is 472 g/mol. The number of piperidine rings is 1. The highest BCUT2D eigenvalue weighted by Crippen LogP contribution is 2.75. The second-order valence-electron chi connectivity index (χ2n) is 12.7. The molecule has 9 rings (SSSR count). The Morgan fingerprint density at radius 2 is 1.94 bits per heavy atom. The van der Waals surface area contributed by atoms with Gasteiger partial charge in [0.15, 0.2) is 0 Å². The van der Waals surface area contributed by atoms with Gasteiger partial charge in [0, 0.05) is 34.9 Å². The van der Waals surface area contributed by atoms with Gasteiger partial charge in [-0.05, 0) is 81.0 Å². The smallest absolute Gasteiger partial charge is 0.138 e. The molecule has 0 unspecified atom stereocenters. The van der Waals surface area contributed by atoms with Crippen molar-refractivity contribution in [3.05, 3.63) is 64.7 Å². The van der Waals surface area contributed by atoms with Gasteiger partial charge in [0.1, 0.15) is 17.5 Å². The minimum Gasteiger partial charge on any atom is -0.486 e. The quantitative estimate of drug-likeness (QED) is 0.658. The van der Waals surface area contributed by atoms with Crippen LogP contribution in [0.25, 0.3) is 0 Å². The highest BCUT2D eigenvalue weighted by atomic mass is 16.5. The summed E-state index contributed by atoms with van der Waals surface area (Å²) in [5.41, 5.74) is 4.76. The van der Waals surface area contributed by atoms with Gasteiger partial charge in [-0.15, -0.1) is 0 Å². The largest absolute Gasteiger partial charge is 0.486 e. The third-order valence-corrected chi connectivity index (χ3v) is 11.1. The Bertz CT molecular complexity index is 1180. The van der Waals surface area contributed by atoms with Crippen LogP contribution in [0.2, 0.25) is 0 Å². The fourth-order valence-corrected chi connectivity index (χ4v) is 9.43. The molecule has 2 spiro atoms. The van der Waals surface area contributed by atoms with Gasteiger partial charge >= 0.3 is 0 Å². The maximum Gasteiger partial charge on any atom is 0.138 e. The zero-order valence-electron chi connectivity index (χ0n) is 20.8. The van der Waals surface area contributed by atoms with Crippen molar-refractivity contribution in [2.24, 2.45) is 17.3 Å².